The maximum atomic E-state index is 10.9. The summed E-state index contributed by atoms with van der Waals surface area (Å²) in [7, 11) is 0. The van der Waals surface area contributed by atoms with Gasteiger partial charge in [-0.2, -0.15) is 0 Å². The van der Waals surface area contributed by atoms with Gasteiger partial charge >= 0.3 is 12.0 Å². The molecule has 5 heteroatoms. The standard InChI is InChI=1S/C9H16N2O3/c10-9(14)11-5-1-2-7(6-11)3-4-8(12)13/h7H,1-6H2,(H2,10,14)(H,12,13). The van der Waals surface area contributed by atoms with E-state index in [1.54, 1.807) is 4.90 Å². The average molecular weight is 200 g/mol. The Morgan fingerprint density at radius 1 is 1.50 bits per heavy atom. The number of nitrogens with zero attached hydrogens (tertiary/aromatic N) is 1. The number of carbonyl (C=O) groups excluding carboxylic acids is 1. The molecular formula is C9H16N2O3. The fraction of sp³-hybridized carbons (Fsp3) is 0.778. The zero-order valence-electron chi connectivity index (χ0n) is 8.11. The van der Waals surface area contributed by atoms with E-state index in [9.17, 15) is 9.59 Å². The highest BCUT2D eigenvalue weighted by atomic mass is 16.4. The predicted octanol–water partition coefficient (Wildman–Crippen LogP) is 0.642. The number of urea groups is 1. The van der Waals surface area contributed by atoms with E-state index < -0.39 is 12.0 Å². The number of carboxylic acids is 1. The molecule has 1 atom stereocenters. The largest absolute Gasteiger partial charge is 0.481 e. The predicted molar refractivity (Wildman–Crippen MR) is 50.8 cm³/mol. The molecular weight excluding hydrogens is 184 g/mol. The third kappa shape index (κ3) is 3.24. The van der Waals surface area contributed by atoms with Gasteiger partial charge in [0.2, 0.25) is 0 Å². The molecule has 0 aromatic carbocycles. The van der Waals surface area contributed by atoms with Crippen LogP contribution < -0.4 is 5.73 Å². The number of carboxylic acid groups (broad SMARTS) is 1. The van der Waals surface area contributed by atoms with Crippen molar-refractivity contribution in [2.75, 3.05) is 13.1 Å². The van der Waals surface area contributed by atoms with Crippen LogP contribution >= 0.6 is 0 Å². The maximum absolute atomic E-state index is 10.9. The number of amides is 2. The highest BCUT2D eigenvalue weighted by Gasteiger charge is 2.22. The summed E-state index contributed by atoms with van der Waals surface area (Å²) in [6.45, 7) is 1.32. The van der Waals surface area contributed by atoms with E-state index in [-0.39, 0.29) is 6.42 Å². The Hall–Kier alpha value is -1.26. The fourth-order valence-corrected chi connectivity index (χ4v) is 1.83. The van der Waals surface area contributed by atoms with E-state index in [0.29, 0.717) is 25.4 Å². The maximum Gasteiger partial charge on any atom is 0.314 e. The Balaban J connectivity index is 2.32. The van der Waals surface area contributed by atoms with E-state index in [0.717, 1.165) is 12.8 Å². The molecule has 0 spiro atoms. The van der Waals surface area contributed by atoms with Gasteiger partial charge in [-0.15, -0.1) is 0 Å². The Morgan fingerprint density at radius 3 is 2.79 bits per heavy atom. The summed E-state index contributed by atoms with van der Waals surface area (Å²) in [6, 6.07) is -0.398. The van der Waals surface area contributed by atoms with Crippen molar-refractivity contribution in [3.05, 3.63) is 0 Å². The summed E-state index contributed by atoms with van der Waals surface area (Å²) >= 11 is 0. The molecule has 0 aromatic heterocycles. The van der Waals surface area contributed by atoms with Gasteiger partial charge in [0.25, 0.3) is 0 Å². The van der Waals surface area contributed by atoms with Gasteiger partial charge in [0.05, 0.1) is 0 Å². The SMILES string of the molecule is NC(=O)N1CCCC(CCC(=O)O)C1. The van der Waals surface area contributed by atoms with E-state index >= 15 is 0 Å². The normalized spacial score (nSPS) is 22.0. The molecule has 80 valence electrons. The highest BCUT2D eigenvalue weighted by Crippen LogP contribution is 2.20. The monoisotopic (exact) mass is 200 g/mol. The molecule has 1 rings (SSSR count). The summed E-state index contributed by atoms with van der Waals surface area (Å²) in [5.74, 6) is -0.478. The van der Waals surface area contributed by atoms with Crippen molar-refractivity contribution in [3.63, 3.8) is 0 Å². The van der Waals surface area contributed by atoms with Gasteiger partial charge in [0.1, 0.15) is 0 Å². The quantitative estimate of drug-likeness (QED) is 0.701. The first-order chi connectivity index (χ1) is 6.59. The smallest absolute Gasteiger partial charge is 0.314 e. The zero-order valence-corrected chi connectivity index (χ0v) is 8.11. The Kier molecular flexibility index (Phi) is 3.73. The Bertz CT molecular complexity index is 230. The number of carbonyl (C=O) groups is 2. The number of hydrogen-bond acceptors (Lipinski definition) is 2. The second-order valence-corrected chi connectivity index (χ2v) is 3.72. The molecule has 2 amide bonds. The lowest BCUT2D eigenvalue weighted by Gasteiger charge is -2.31. The van der Waals surface area contributed by atoms with Crippen LogP contribution in [-0.2, 0) is 4.79 Å². The topological polar surface area (TPSA) is 83.6 Å². The first kappa shape index (κ1) is 10.8. The molecule has 1 saturated heterocycles. The minimum absolute atomic E-state index is 0.178. The van der Waals surface area contributed by atoms with Gasteiger partial charge in [-0.25, -0.2) is 4.79 Å². The van der Waals surface area contributed by atoms with Crippen LogP contribution in [0.5, 0.6) is 0 Å². The molecule has 1 fully saturated rings. The first-order valence-electron chi connectivity index (χ1n) is 4.85. The van der Waals surface area contributed by atoms with Crippen LogP contribution in [0.25, 0.3) is 0 Å². The average Bonchev–Trinajstić information content (AvgIpc) is 2.15. The van der Waals surface area contributed by atoms with Crippen LogP contribution in [-0.4, -0.2) is 35.1 Å². The molecule has 3 N–H and O–H groups in total. The van der Waals surface area contributed by atoms with Gasteiger partial charge < -0.3 is 15.7 Å². The van der Waals surface area contributed by atoms with Gasteiger partial charge in [-0.3, -0.25) is 4.79 Å². The zero-order chi connectivity index (χ0) is 10.6. The van der Waals surface area contributed by atoms with Gasteiger partial charge in [0.15, 0.2) is 0 Å². The number of hydrogen-bond donors (Lipinski definition) is 2. The molecule has 1 aliphatic heterocycles. The fourth-order valence-electron chi connectivity index (χ4n) is 1.83. The number of nitrogens with two attached hydrogens (primary N) is 1. The van der Waals surface area contributed by atoms with Gasteiger partial charge in [0, 0.05) is 19.5 Å². The van der Waals surface area contributed by atoms with Crippen LogP contribution in [0.15, 0.2) is 0 Å². The number of primary amides is 1. The van der Waals surface area contributed by atoms with Gasteiger partial charge in [-0.05, 0) is 25.2 Å². The summed E-state index contributed by atoms with van der Waals surface area (Å²) in [5, 5.41) is 8.51. The minimum atomic E-state index is -0.777. The number of aliphatic carboxylic acids is 1. The van der Waals surface area contributed by atoms with Crippen molar-refractivity contribution in [2.45, 2.75) is 25.7 Å². The highest BCUT2D eigenvalue weighted by molar-refractivity contribution is 5.72. The molecule has 0 radical (unpaired) electrons. The van der Waals surface area contributed by atoms with Crippen LogP contribution in [0.3, 0.4) is 0 Å². The summed E-state index contributed by atoms with van der Waals surface area (Å²) < 4.78 is 0. The van der Waals surface area contributed by atoms with Crippen molar-refractivity contribution < 1.29 is 14.7 Å². The van der Waals surface area contributed by atoms with Crippen LogP contribution in [0.4, 0.5) is 4.79 Å². The first-order valence-corrected chi connectivity index (χ1v) is 4.85. The van der Waals surface area contributed by atoms with Crippen LogP contribution in [0, 0.1) is 5.92 Å². The lowest BCUT2D eigenvalue weighted by Crippen LogP contribution is -2.43. The summed E-state index contributed by atoms with van der Waals surface area (Å²) in [6.07, 6.45) is 2.74. The molecule has 1 unspecified atom stereocenters. The molecule has 5 nitrogen and oxygen atoms in total. The summed E-state index contributed by atoms with van der Waals surface area (Å²) in [5.41, 5.74) is 5.16. The second-order valence-electron chi connectivity index (χ2n) is 3.72. The molecule has 0 saturated carbocycles. The molecule has 1 aliphatic rings. The van der Waals surface area contributed by atoms with Crippen LogP contribution in [0.1, 0.15) is 25.7 Å². The molecule has 14 heavy (non-hydrogen) atoms. The Labute approximate surface area is 82.9 Å². The van der Waals surface area contributed by atoms with Crippen molar-refractivity contribution in [3.8, 4) is 0 Å². The lowest BCUT2D eigenvalue weighted by atomic mass is 9.94. The number of piperidine rings is 1. The third-order valence-corrected chi connectivity index (χ3v) is 2.60. The third-order valence-electron chi connectivity index (χ3n) is 2.60. The molecule has 0 aromatic rings. The van der Waals surface area contributed by atoms with E-state index in [1.165, 1.54) is 0 Å². The molecule has 0 bridgehead atoms. The lowest BCUT2D eigenvalue weighted by molar-refractivity contribution is -0.137. The van der Waals surface area contributed by atoms with Crippen molar-refractivity contribution in [2.24, 2.45) is 11.7 Å². The summed E-state index contributed by atoms with van der Waals surface area (Å²) in [4.78, 5) is 22.8. The second kappa shape index (κ2) is 4.83. The van der Waals surface area contributed by atoms with Crippen molar-refractivity contribution >= 4 is 12.0 Å². The number of likely N-dealkylation sites (tertiary alicyclic amines) is 1. The molecule has 0 aliphatic carbocycles. The Morgan fingerprint density at radius 2 is 2.21 bits per heavy atom. The molecule has 1 heterocycles. The van der Waals surface area contributed by atoms with E-state index in [1.807, 2.05) is 0 Å². The number of rotatable bonds is 3. The van der Waals surface area contributed by atoms with E-state index in [4.69, 9.17) is 10.8 Å². The van der Waals surface area contributed by atoms with Gasteiger partial charge in [-0.1, -0.05) is 0 Å². The van der Waals surface area contributed by atoms with E-state index in [2.05, 4.69) is 0 Å². The van der Waals surface area contributed by atoms with Crippen molar-refractivity contribution in [1.29, 1.82) is 0 Å². The van der Waals surface area contributed by atoms with Crippen LogP contribution in [0.2, 0.25) is 0 Å². The van der Waals surface area contributed by atoms with Crippen molar-refractivity contribution in [1.82, 2.24) is 4.90 Å². The minimum Gasteiger partial charge on any atom is -0.481 e.